The van der Waals surface area contributed by atoms with Crippen LogP contribution >= 0.6 is 0 Å². The van der Waals surface area contributed by atoms with Crippen LogP contribution in [0.2, 0.25) is 0 Å². The van der Waals surface area contributed by atoms with Crippen LogP contribution in [0.1, 0.15) is 31.3 Å². The summed E-state index contributed by atoms with van der Waals surface area (Å²) in [5.74, 6) is 1.03. The first-order chi connectivity index (χ1) is 16.4. The van der Waals surface area contributed by atoms with Crippen LogP contribution in [0.4, 0.5) is 5.95 Å². The zero-order valence-corrected chi connectivity index (χ0v) is 19.6. The monoisotopic (exact) mass is 460 g/mol. The van der Waals surface area contributed by atoms with Gasteiger partial charge in [-0.2, -0.15) is 4.98 Å². The van der Waals surface area contributed by atoms with Crippen molar-refractivity contribution >= 4 is 34.2 Å². The summed E-state index contributed by atoms with van der Waals surface area (Å²) in [5, 5.41) is 0.942. The van der Waals surface area contributed by atoms with E-state index in [1.165, 1.54) is 9.13 Å². The molecule has 1 aliphatic heterocycles. The fraction of sp³-hybridized carbons (Fsp3) is 0.375. The van der Waals surface area contributed by atoms with Crippen molar-refractivity contribution in [3.8, 4) is 0 Å². The first kappa shape index (κ1) is 22.0. The minimum Gasteiger partial charge on any atom is -0.340 e. The van der Waals surface area contributed by atoms with E-state index in [4.69, 9.17) is 10.7 Å². The SMILES string of the molecule is C/C=C\n1c(N2CCCC(N)C2)nc2c1c(=O)n(Cc1nc(C)c3ccccc3n1)c(=O)n2C. The van der Waals surface area contributed by atoms with Crippen LogP contribution in [0.5, 0.6) is 0 Å². The van der Waals surface area contributed by atoms with Crippen molar-refractivity contribution in [1.29, 1.82) is 0 Å². The molecule has 0 bridgehead atoms. The molecule has 176 valence electrons. The van der Waals surface area contributed by atoms with Crippen molar-refractivity contribution in [1.82, 2.24) is 28.7 Å². The van der Waals surface area contributed by atoms with Crippen molar-refractivity contribution in [3.05, 3.63) is 62.7 Å². The lowest BCUT2D eigenvalue weighted by Gasteiger charge is -2.31. The van der Waals surface area contributed by atoms with E-state index in [-0.39, 0.29) is 12.6 Å². The zero-order valence-electron chi connectivity index (χ0n) is 19.6. The molecule has 0 amide bonds. The normalized spacial score (nSPS) is 16.8. The maximum Gasteiger partial charge on any atom is 0.332 e. The van der Waals surface area contributed by atoms with Crippen LogP contribution in [-0.2, 0) is 13.6 Å². The van der Waals surface area contributed by atoms with E-state index in [0.29, 0.717) is 29.5 Å². The third-order valence-electron chi connectivity index (χ3n) is 6.34. The van der Waals surface area contributed by atoms with Gasteiger partial charge in [-0.1, -0.05) is 24.3 Å². The molecule has 0 saturated carbocycles. The summed E-state index contributed by atoms with van der Waals surface area (Å²) in [6.45, 7) is 5.18. The third-order valence-corrected chi connectivity index (χ3v) is 6.34. The largest absolute Gasteiger partial charge is 0.340 e. The number of anilines is 1. The second kappa shape index (κ2) is 8.53. The molecular weight excluding hydrogens is 432 g/mol. The number of fused-ring (bicyclic) bond motifs is 2. The highest BCUT2D eigenvalue weighted by molar-refractivity contribution is 5.80. The fourth-order valence-electron chi connectivity index (χ4n) is 4.68. The number of aryl methyl sites for hydroxylation is 2. The molecule has 1 aliphatic rings. The molecule has 0 spiro atoms. The van der Waals surface area contributed by atoms with Crippen molar-refractivity contribution < 1.29 is 0 Å². The standard InChI is InChI=1S/C24H28N8O2/c1-4-11-31-20-21(28-23(31)30-12-7-8-16(25)13-30)29(3)24(34)32(22(20)33)14-19-26-15(2)17-9-5-6-10-18(17)27-19/h4-6,9-11,16H,7-8,12-14,25H2,1-3H3/b11-4-. The molecule has 10 nitrogen and oxygen atoms in total. The summed E-state index contributed by atoms with van der Waals surface area (Å²) >= 11 is 0. The Labute approximate surface area is 196 Å². The lowest BCUT2D eigenvalue weighted by atomic mass is 10.1. The molecule has 1 aromatic carbocycles. The van der Waals surface area contributed by atoms with E-state index in [1.54, 1.807) is 17.8 Å². The smallest absolute Gasteiger partial charge is 0.332 e. The molecule has 1 unspecified atom stereocenters. The molecule has 4 aromatic rings. The summed E-state index contributed by atoms with van der Waals surface area (Å²) in [7, 11) is 1.63. The Balaban J connectivity index is 1.69. The summed E-state index contributed by atoms with van der Waals surface area (Å²) in [6, 6.07) is 7.73. The van der Waals surface area contributed by atoms with Gasteiger partial charge in [0.1, 0.15) is 5.82 Å². The number of nitrogens with two attached hydrogens (primary N) is 1. The molecule has 1 fully saturated rings. The van der Waals surface area contributed by atoms with Crippen molar-refractivity contribution in [3.63, 3.8) is 0 Å². The predicted octanol–water partition coefficient (Wildman–Crippen LogP) is 1.61. The third kappa shape index (κ3) is 3.60. The Kier molecular flexibility index (Phi) is 5.52. The maximum atomic E-state index is 13.7. The quantitative estimate of drug-likeness (QED) is 0.492. The number of allylic oxidation sites excluding steroid dienone is 1. The van der Waals surface area contributed by atoms with Crippen LogP contribution in [-0.4, -0.2) is 47.8 Å². The molecule has 5 rings (SSSR count). The number of hydrogen-bond acceptors (Lipinski definition) is 7. The number of aromatic nitrogens is 6. The minimum absolute atomic E-state index is 0.0297. The van der Waals surface area contributed by atoms with Gasteiger partial charge in [0.15, 0.2) is 11.2 Å². The molecule has 2 N–H and O–H groups in total. The lowest BCUT2D eigenvalue weighted by molar-refractivity contribution is 0.499. The van der Waals surface area contributed by atoms with E-state index in [2.05, 4.69) is 14.9 Å². The van der Waals surface area contributed by atoms with Gasteiger partial charge in [-0.05, 0) is 32.8 Å². The predicted molar refractivity (Wildman–Crippen MR) is 133 cm³/mol. The molecule has 1 saturated heterocycles. The van der Waals surface area contributed by atoms with Crippen LogP contribution in [0.15, 0.2) is 39.9 Å². The highest BCUT2D eigenvalue weighted by Crippen LogP contribution is 2.23. The van der Waals surface area contributed by atoms with E-state index < -0.39 is 11.2 Å². The van der Waals surface area contributed by atoms with Crippen LogP contribution in [0.3, 0.4) is 0 Å². The Morgan fingerprint density at radius 1 is 1.18 bits per heavy atom. The van der Waals surface area contributed by atoms with Crippen LogP contribution in [0, 0.1) is 6.92 Å². The maximum absolute atomic E-state index is 13.7. The molecule has 3 aromatic heterocycles. The number of hydrogen-bond donors (Lipinski definition) is 1. The zero-order chi connectivity index (χ0) is 24.0. The minimum atomic E-state index is -0.459. The fourth-order valence-corrected chi connectivity index (χ4v) is 4.68. The first-order valence-corrected chi connectivity index (χ1v) is 11.5. The number of benzene rings is 1. The summed E-state index contributed by atoms with van der Waals surface area (Å²) in [5.41, 5.74) is 7.57. The number of nitrogens with zero attached hydrogens (tertiary/aromatic N) is 7. The van der Waals surface area contributed by atoms with E-state index in [1.807, 2.05) is 44.2 Å². The Bertz CT molecular complexity index is 1540. The van der Waals surface area contributed by atoms with Gasteiger partial charge in [0.05, 0.1) is 12.1 Å². The number of rotatable bonds is 4. The van der Waals surface area contributed by atoms with Crippen LogP contribution in [0.25, 0.3) is 28.3 Å². The van der Waals surface area contributed by atoms with Crippen molar-refractivity contribution in [2.24, 2.45) is 12.8 Å². The average molecular weight is 461 g/mol. The highest BCUT2D eigenvalue weighted by Gasteiger charge is 2.26. The van der Waals surface area contributed by atoms with Gasteiger partial charge in [0.2, 0.25) is 5.95 Å². The molecule has 4 heterocycles. The summed E-state index contributed by atoms with van der Waals surface area (Å²) < 4.78 is 4.36. The van der Waals surface area contributed by atoms with Gasteiger partial charge >= 0.3 is 5.69 Å². The van der Waals surface area contributed by atoms with E-state index in [0.717, 1.165) is 36.0 Å². The second-order valence-corrected chi connectivity index (χ2v) is 8.76. The molecule has 0 aliphatic carbocycles. The Morgan fingerprint density at radius 2 is 1.97 bits per heavy atom. The summed E-state index contributed by atoms with van der Waals surface area (Å²) in [6.07, 6.45) is 5.55. The van der Waals surface area contributed by atoms with Crippen molar-refractivity contribution in [2.45, 2.75) is 39.3 Å². The highest BCUT2D eigenvalue weighted by atomic mass is 16.2. The topological polar surface area (TPSA) is 117 Å². The van der Waals surface area contributed by atoms with E-state index >= 15 is 0 Å². The second-order valence-electron chi connectivity index (χ2n) is 8.76. The number of para-hydroxylation sites is 1. The number of imidazole rings is 1. The average Bonchev–Trinajstić information content (AvgIpc) is 3.20. The molecule has 10 heteroatoms. The summed E-state index contributed by atoms with van der Waals surface area (Å²) in [4.78, 5) is 42.8. The van der Waals surface area contributed by atoms with Gasteiger partial charge in [-0.25, -0.2) is 14.8 Å². The van der Waals surface area contributed by atoms with E-state index in [9.17, 15) is 9.59 Å². The molecule has 34 heavy (non-hydrogen) atoms. The van der Waals surface area contributed by atoms with Gasteiger partial charge in [-0.3, -0.25) is 18.5 Å². The van der Waals surface area contributed by atoms with Crippen molar-refractivity contribution in [2.75, 3.05) is 18.0 Å². The van der Waals surface area contributed by atoms with Crippen LogP contribution < -0.4 is 21.9 Å². The van der Waals surface area contributed by atoms with Gasteiger partial charge in [-0.15, -0.1) is 0 Å². The number of piperidine rings is 1. The molecule has 1 atom stereocenters. The lowest BCUT2D eigenvalue weighted by Crippen LogP contribution is -2.43. The van der Waals surface area contributed by atoms with Gasteiger partial charge < -0.3 is 10.6 Å². The van der Waals surface area contributed by atoms with Gasteiger partial charge in [0, 0.05) is 43.5 Å². The van der Waals surface area contributed by atoms with Gasteiger partial charge in [0.25, 0.3) is 5.56 Å². The Morgan fingerprint density at radius 3 is 2.74 bits per heavy atom. The molecular formula is C24H28N8O2. The first-order valence-electron chi connectivity index (χ1n) is 11.5. The Hall–Kier alpha value is -3.79. The molecule has 0 radical (unpaired) electrons.